The average molecular weight is 240 g/mol. The Morgan fingerprint density at radius 3 is 2.53 bits per heavy atom. The van der Waals surface area contributed by atoms with Crippen molar-refractivity contribution in [3.63, 3.8) is 0 Å². The van der Waals surface area contributed by atoms with Crippen molar-refractivity contribution in [3.8, 4) is 0 Å². The SMILES string of the molecule is NC(=O)C1CCCN1C(=O)CC1(O)CCCC1. The maximum absolute atomic E-state index is 12.1. The zero-order chi connectivity index (χ0) is 12.5. The van der Waals surface area contributed by atoms with Gasteiger partial charge in [-0.2, -0.15) is 0 Å². The van der Waals surface area contributed by atoms with Crippen LogP contribution in [0, 0.1) is 0 Å². The molecular weight excluding hydrogens is 220 g/mol. The molecule has 0 aromatic carbocycles. The molecule has 1 unspecified atom stereocenters. The monoisotopic (exact) mass is 240 g/mol. The van der Waals surface area contributed by atoms with Crippen LogP contribution < -0.4 is 5.73 Å². The summed E-state index contributed by atoms with van der Waals surface area (Å²) in [5, 5.41) is 10.2. The van der Waals surface area contributed by atoms with Gasteiger partial charge in [0.05, 0.1) is 12.0 Å². The molecule has 1 heterocycles. The van der Waals surface area contributed by atoms with Crippen LogP contribution in [0.5, 0.6) is 0 Å². The number of hydrogen-bond donors (Lipinski definition) is 2. The van der Waals surface area contributed by atoms with E-state index in [0.717, 1.165) is 19.3 Å². The summed E-state index contributed by atoms with van der Waals surface area (Å²) in [5.74, 6) is -0.565. The molecule has 5 heteroatoms. The minimum absolute atomic E-state index is 0.129. The fourth-order valence-corrected chi connectivity index (χ4v) is 2.95. The standard InChI is InChI=1S/C12H20N2O3/c13-11(16)9-4-3-7-14(9)10(15)8-12(17)5-1-2-6-12/h9,17H,1-8H2,(H2,13,16). The fourth-order valence-electron chi connectivity index (χ4n) is 2.95. The quantitative estimate of drug-likeness (QED) is 0.737. The zero-order valence-corrected chi connectivity index (χ0v) is 10.0. The van der Waals surface area contributed by atoms with Crippen molar-refractivity contribution in [1.29, 1.82) is 0 Å². The Balaban J connectivity index is 1.97. The minimum Gasteiger partial charge on any atom is -0.389 e. The third-order valence-electron chi connectivity index (χ3n) is 3.92. The molecule has 2 aliphatic rings. The summed E-state index contributed by atoms with van der Waals surface area (Å²) in [6.45, 7) is 0.586. The second kappa shape index (κ2) is 4.64. The van der Waals surface area contributed by atoms with Gasteiger partial charge in [-0.15, -0.1) is 0 Å². The number of amides is 2. The highest BCUT2D eigenvalue weighted by Crippen LogP contribution is 2.33. The van der Waals surface area contributed by atoms with Crippen LogP contribution in [0.4, 0.5) is 0 Å². The Morgan fingerprint density at radius 1 is 1.29 bits per heavy atom. The fraction of sp³-hybridized carbons (Fsp3) is 0.833. The summed E-state index contributed by atoms with van der Waals surface area (Å²) < 4.78 is 0. The Kier molecular flexibility index (Phi) is 3.38. The molecule has 0 radical (unpaired) electrons. The largest absolute Gasteiger partial charge is 0.389 e. The Hall–Kier alpha value is -1.10. The van der Waals surface area contributed by atoms with Crippen molar-refractivity contribution < 1.29 is 14.7 Å². The summed E-state index contributed by atoms with van der Waals surface area (Å²) in [4.78, 5) is 24.8. The molecule has 0 aromatic heterocycles. The van der Waals surface area contributed by atoms with Crippen molar-refractivity contribution in [1.82, 2.24) is 4.90 Å². The molecule has 1 saturated heterocycles. The van der Waals surface area contributed by atoms with E-state index in [-0.39, 0.29) is 12.3 Å². The van der Waals surface area contributed by atoms with Crippen LogP contribution in [-0.2, 0) is 9.59 Å². The lowest BCUT2D eigenvalue weighted by atomic mass is 9.97. The van der Waals surface area contributed by atoms with E-state index in [1.165, 1.54) is 0 Å². The summed E-state index contributed by atoms with van der Waals surface area (Å²) >= 11 is 0. The van der Waals surface area contributed by atoms with Crippen LogP contribution in [0.1, 0.15) is 44.9 Å². The van der Waals surface area contributed by atoms with Gasteiger partial charge in [0.2, 0.25) is 11.8 Å². The van der Waals surface area contributed by atoms with E-state index >= 15 is 0 Å². The van der Waals surface area contributed by atoms with E-state index in [4.69, 9.17) is 5.73 Å². The van der Waals surface area contributed by atoms with Crippen LogP contribution in [0.2, 0.25) is 0 Å². The highest BCUT2D eigenvalue weighted by atomic mass is 16.3. The van der Waals surface area contributed by atoms with Gasteiger partial charge in [-0.1, -0.05) is 12.8 Å². The van der Waals surface area contributed by atoms with Gasteiger partial charge < -0.3 is 15.7 Å². The Labute approximate surface area is 101 Å². The molecule has 1 aliphatic carbocycles. The van der Waals surface area contributed by atoms with Crippen LogP contribution in [0.25, 0.3) is 0 Å². The van der Waals surface area contributed by atoms with E-state index < -0.39 is 17.6 Å². The normalized spacial score (nSPS) is 27.4. The minimum atomic E-state index is -0.845. The van der Waals surface area contributed by atoms with Crippen molar-refractivity contribution in [2.24, 2.45) is 5.73 Å². The van der Waals surface area contributed by atoms with Gasteiger partial charge in [0.1, 0.15) is 6.04 Å². The van der Waals surface area contributed by atoms with Crippen molar-refractivity contribution in [2.45, 2.75) is 56.6 Å². The van der Waals surface area contributed by atoms with E-state index in [2.05, 4.69) is 0 Å². The first kappa shape index (κ1) is 12.4. The molecule has 2 amide bonds. The van der Waals surface area contributed by atoms with Crippen molar-refractivity contribution >= 4 is 11.8 Å². The Morgan fingerprint density at radius 2 is 1.94 bits per heavy atom. The molecule has 5 nitrogen and oxygen atoms in total. The number of primary amides is 1. The summed E-state index contributed by atoms with van der Waals surface area (Å²) in [6, 6.07) is -0.465. The molecule has 1 aliphatic heterocycles. The third-order valence-corrected chi connectivity index (χ3v) is 3.92. The molecule has 2 fully saturated rings. The predicted molar refractivity (Wildman–Crippen MR) is 62.0 cm³/mol. The molecule has 0 spiro atoms. The van der Waals surface area contributed by atoms with E-state index in [9.17, 15) is 14.7 Å². The number of likely N-dealkylation sites (tertiary alicyclic amines) is 1. The molecule has 3 N–H and O–H groups in total. The first-order valence-corrected chi connectivity index (χ1v) is 6.33. The van der Waals surface area contributed by atoms with E-state index in [1.807, 2.05) is 0 Å². The first-order valence-electron chi connectivity index (χ1n) is 6.33. The third kappa shape index (κ3) is 2.60. The van der Waals surface area contributed by atoms with Gasteiger partial charge in [-0.25, -0.2) is 0 Å². The molecular formula is C12H20N2O3. The number of hydrogen-bond acceptors (Lipinski definition) is 3. The Bertz CT molecular complexity index is 324. The molecule has 96 valence electrons. The summed E-state index contributed by atoms with van der Waals surface area (Å²) in [6.07, 6.45) is 4.93. The van der Waals surface area contributed by atoms with Gasteiger partial charge in [-0.05, 0) is 25.7 Å². The van der Waals surface area contributed by atoms with Crippen LogP contribution in [0.15, 0.2) is 0 Å². The second-order valence-corrected chi connectivity index (χ2v) is 5.26. The van der Waals surface area contributed by atoms with Crippen molar-refractivity contribution in [2.75, 3.05) is 6.54 Å². The maximum Gasteiger partial charge on any atom is 0.240 e. The van der Waals surface area contributed by atoms with Crippen LogP contribution >= 0.6 is 0 Å². The number of rotatable bonds is 3. The van der Waals surface area contributed by atoms with E-state index in [0.29, 0.717) is 25.8 Å². The van der Waals surface area contributed by atoms with Crippen LogP contribution in [0.3, 0.4) is 0 Å². The number of aliphatic hydroxyl groups is 1. The maximum atomic E-state index is 12.1. The lowest BCUT2D eigenvalue weighted by molar-refractivity contribution is -0.141. The molecule has 0 bridgehead atoms. The second-order valence-electron chi connectivity index (χ2n) is 5.26. The average Bonchev–Trinajstić information content (AvgIpc) is 2.85. The summed E-state index contributed by atoms with van der Waals surface area (Å²) in [5.41, 5.74) is 4.43. The highest BCUT2D eigenvalue weighted by molar-refractivity contribution is 5.87. The van der Waals surface area contributed by atoms with Crippen LogP contribution in [-0.4, -0.2) is 40.0 Å². The van der Waals surface area contributed by atoms with Gasteiger partial charge in [0.15, 0.2) is 0 Å². The first-order chi connectivity index (χ1) is 8.02. The molecule has 0 aromatic rings. The molecule has 17 heavy (non-hydrogen) atoms. The lowest BCUT2D eigenvalue weighted by Crippen LogP contribution is -2.46. The lowest BCUT2D eigenvalue weighted by Gasteiger charge is -2.27. The highest BCUT2D eigenvalue weighted by Gasteiger charge is 2.38. The van der Waals surface area contributed by atoms with Gasteiger partial charge in [0, 0.05) is 6.54 Å². The van der Waals surface area contributed by atoms with Gasteiger partial charge in [-0.3, -0.25) is 9.59 Å². The van der Waals surface area contributed by atoms with Gasteiger partial charge in [0.25, 0.3) is 0 Å². The van der Waals surface area contributed by atoms with Crippen molar-refractivity contribution in [3.05, 3.63) is 0 Å². The van der Waals surface area contributed by atoms with E-state index in [1.54, 1.807) is 4.90 Å². The number of carbonyl (C=O) groups is 2. The number of nitrogens with two attached hydrogens (primary N) is 1. The smallest absolute Gasteiger partial charge is 0.240 e. The summed E-state index contributed by atoms with van der Waals surface area (Å²) in [7, 11) is 0. The number of nitrogens with zero attached hydrogens (tertiary/aromatic N) is 1. The number of carbonyl (C=O) groups excluding carboxylic acids is 2. The molecule has 2 rings (SSSR count). The molecule has 1 saturated carbocycles. The molecule has 1 atom stereocenters. The zero-order valence-electron chi connectivity index (χ0n) is 10.0. The predicted octanol–water partition coefficient (Wildman–Crippen LogP) is 0.158. The van der Waals surface area contributed by atoms with Gasteiger partial charge >= 0.3 is 0 Å². The topological polar surface area (TPSA) is 83.6 Å².